The SMILES string of the molecule is CCC(CC)(CNC(=O)N1CCOCC1)SC. The maximum Gasteiger partial charge on any atom is 0.317 e. The molecule has 1 aliphatic rings. The van der Waals surface area contributed by atoms with Gasteiger partial charge in [0.2, 0.25) is 0 Å². The number of amides is 2. The third-order valence-corrected chi connectivity index (χ3v) is 5.17. The van der Waals surface area contributed by atoms with E-state index >= 15 is 0 Å². The summed E-state index contributed by atoms with van der Waals surface area (Å²) in [5.41, 5.74) is 0. The van der Waals surface area contributed by atoms with Crippen molar-refractivity contribution in [1.82, 2.24) is 10.2 Å². The Morgan fingerprint density at radius 2 is 1.94 bits per heavy atom. The Morgan fingerprint density at radius 3 is 2.41 bits per heavy atom. The zero-order chi connectivity index (χ0) is 12.7. The molecule has 1 N–H and O–H groups in total. The van der Waals surface area contributed by atoms with Crippen LogP contribution in [0, 0.1) is 0 Å². The van der Waals surface area contributed by atoms with Gasteiger partial charge < -0.3 is 15.0 Å². The van der Waals surface area contributed by atoms with Crippen LogP contribution >= 0.6 is 11.8 Å². The van der Waals surface area contributed by atoms with Crippen LogP contribution in [0.2, 0.25) is 0 Å². The average molecular weight is 260 g/mol. The average Bonchev–Trinajstić information content (AvgIpc) is 2.41. The number of hydrogen-bond acceptors (Lipinski definition) is 3. The second-order valence-electron chi connectivity index (χ2n) is 4.35. The summed E-state index contributed by atoms with van der Waals surface area (Å²) in [4.78, 5) is 13.8. The molecule has 1 rings (SSSR count). The quantitative estimate of drug-likeness (QED) is 0.821. The minimum Gasteiger partial charge on any atom is -0.378 e. The van der Waals surface area contributed by atoms with Crippen molar-refractivity contribution in [2.75, 3.05) is 39.1 Å². The summed E-state index contributed by atoms with van der Waals surface area (Å²) >= 11 is 1.85. The van der Waals surface area contributed by atoms with Crippen molar-refractivity contribution in [2.45, 2.75) is 31.4 Å². The van der Waals surface area contributed by atoms with E-state index in [1.165, 1.54) is 0 Å². The molecule has 5 heteroatoms. The topological polar surface area (TPSA) is 41.6 Å². The molecule has 1 saturated heterocycles. The molecule has 0 saturated carbocycles. The zero-order valence-electron chi connectivity index (χ0n) is 11.1. The number of urea groups is 1. The molecule has 1 aliphatic heterocycles. The Hall–Kier alpha value is -0.420. The highest BCUT2D eigenvalue weighted by atomic mass is 32.2. The van der Waals surface area contributed by atoms with Gasteiger partial charge in [0, 0.05) is 24.4 Å². The maximum absolute atomic E-state index is 11.9. The van der Waals surface area contributed by atoms with Crippen LogP contribution in [0.15, 0.2) is 0 Å². The standard InChI is InChI=1S/C12H24N2O2S/c1-4-12(5-2,17-3)10-13-11(15)14-6-8-16-9-7-14/h4-10H2,1-3H3,(H,13,15). The van der Waals surface area contributed by atoms with Crippen molar-refractivity contribution < 1.29 is 9.53 Å². The molecule has 0 atom stereocenters. The Balaban J connectivity index is 2.40. The van der Waals surface area contributed by atoms with E-state index in [0.717, 1.165) is 19.4 Å². The minimum absolute atomic E-state index is 0.0497. The van der Waals surface area contributed by atoms with E-state index in [4.69, 9.17) is 4.74 Å². The highest BCUT2D eigenvalue weighted by Gasteiger charge is 2.26. The molecule has 0 aromatic rings. The molecule has 1 fully saturated rings. The minimum atomic E-state index is 0.0497. The van der Waals surface area contributed by atoms with Crippen molar-refractivity contribution >= 4 is 17.8 Å². The van der Waals surface area contributed by atoms with Gasteiger partial charge in [-0.25, -0.2) is 4.79 Å². The summed E-state index contributed by atoms with van der Waals surface area (Å²) in [5, 5.41) is 3.06. The second-order valence-corrected chi connectivity index (χ2v) is 5.63. The Labute approximate surface area is 108 Å². The number of nitrogens with zero attached hydrogens (tertiary/aromatic N) is 1. The first-order valence-electron chi connectivity index (χ1n) is 6.33. The van der Waals surface area contributed by atoms with Gasteiger partial charge >= 0.3 is 6.03 Å². The van der Waals surface area contributed by atoms with Gasteiger partial charge in [0.25, 0.3) is 0 Å². The number of thioether (sulfide) groups is 1. The molecule has 0 bridgehead atoms. The fraction of sp³-hybridized carbons (Fsp3) is 0.917. The van der Waals surface area contributed by atoms with Crippen molar-refractivity contribution in [2.24, 2.45) is 0 Å². The molecule has 100 valence electrons. The van der Waals surface area contributed by atoms with E-state index in [-0.39, 0.29) is 10.8 Å². The number of carbonyl (C=O) groups excluding carboxylic acids is 1. The largest absolute Gasteiger partial charge is 0.378 e. The summed E-state index contributed by atoms with van der Waals surface area (Å²) < 4.78 is 5.42. The molecule has 0 spiro atoms. The summed E-state index contributed by atoms with van der Waals surface area (Å²) in [6.45, 7) is 7.83. The summed E-state index contributed by atoms with van der Waals surface area (Å²) in [7, 11) is 0. The second kappa shape index (κ2) is 7.11. The van der Waals surface area contributed by atoms with E-state index in [1.54, 1.807) is 0 Å². The van der Waals surface area contributed by atoms with E-state index < -0.39 is 0 Å². The summed E-state index contributed by atoms with van der Waals surface area (Å²) in [6, 6.07) is 0.0497. The van der Waals surface area contributed by atoms with Gasteiger partial charge in [0.15, 0.2) is 0 Å². The molecule has 4 nitrogen and oxygen atoms in total. The van der Waals surface area contributed by atoms with Crippen LogP contribution in [0.1, 0.15) is 26.7 Å². The lowest BCUT2D eigenvalue weighted by atomic mass is 10.0. The van der Waals surface area contributed by atoms with Gasteiger partial charge in [-0.3, -0.25) is 0 Å². The van der Waals surface area contributed by atoms with E-state index in [1.807, 2.05) is 16.7 Å². The van der Waals surface area contributed by atoms with Crippen LogP contribution in [0.3, 0.4) is 0 Å². The van der Waals surface area contributed by atoms with Gasteiger partial charge in [0.05, 0.1) is 13.2 Å². The Kier molecular flexibility index (Phi) is 6.12. The van der Waals surface area contributed by atoms with E-state index in [2.05, 4.69) is 25.4 Å². The van der Waals surface area contributed by atoms with Crippen molar-refractivity contribution in [3.05, 3.63) is 0 Å². The Morgan fingerprint density at radius 1 is 1.35 bits per heavy atom. The van der Waals surface area contributed by atoms with Crippen LogP contribution in [0.4, 0.5) is 4.79 Å². The predicted octanol–water partition coefficient (Wildman–Crippen LogP) is 1.95. The van der Waals surface area contributed by atoms with E-state index in [0.29, 0.717) is 26.3 Å². The molecule has 1 heterocycles. The van der Waals surface area contributed by atoms with Gasteiger partial charge in [-0.15, -0.1) is 0 Å². The maximum atomic E-state index is 11.9. The monoisotopic (exact) mass is 260 g/mol. The zero-order valence-corrected chi connectivity index (χ0v) is 11.9. The molecular formula is C12H24N2O2S. The molecule has 2 amide bonds. The van der Waals surface area contributed by atoms with Crippen LogP contribution < -0.4 is 5.32 Å². The van der Waals surface area contributed by atoms with Crippen LogP contribution in [-0.4, -0.2) is 54.8 Å². The number of morpholine rings is 1. The van der Waals surface area contributed by atoms with Crippen LogP contribution in [0.5, 0.6) is 0 Å². The van der Waals surface area contributed by atoms with Crippen molar-refractivity contribution in [3.8, 4) is 0 Å². The van der Waals surface area contributed by atoms with E-state index in [9.17, 15) is 4.79 Å². The summed E-state index contributed by atoms with van der Waals surface area (Å²) in [6.07, 6.45) is 4.27. The van der Waals surface area contributed by atoms with Gasteiger partial charge in [0.1, 0.15) is 0 Å². The van der Waals surface area contributed by atoms with Gasteiger partial charge in [-0.1, -0.05) is 13.8 Å². The molecular weight excluding hydrogens is 236 g/mol. The number of carbonyl (C=O) groups is 1. The Bertz CT molecular complexity index is 230. The number of hydrogen-bond donors (Lipinski definition) is 1. The van der Waals surface area contributed by atoms with Gasteiger partial charge in [-0.2, -0.15) is 11.8 Å². The number of rotatable bonds is 5. The third kappa shape index (κ3) is 4.07. The van der Waals surface area contributed by atoms with Gasteiger partial charge in [-0.05, 0) is 19.1 Å². The fourth-order valence-electron chi connectivity index (χ4n) is 1.98. The molecule has 0 aromatic heterocycles. The molecule has 0 aliphatic carbocycles. The van der Waals surface area contributed by atoms with Crippen LogP contribution in [0.25, 0.3) is 0 Å². The number of nitrogens with one attached hydrogen (secondary N) is 1. The lowest BCUT2D eigenvalue weighted by Crippen LogP contribution is -2.49. The first-order valence-corrected chi connectivity index (χ1v) is 7.55. The third-order valence-electron chi connectivity index (χ3n) is 3.58. The smallest absolute Gasteiger partial charge is 0.317 e. The molecule has 0 aromatic carbocycles. The summed E-state index contributed by atoms with van der Waals surface area (Å²) in [5.74, 6) is 0. The van der Waals surface area contributed by atoms with Crippen molar-refractivity contribution in [1.29, 1.82) is 0 Å². The highest BCUT2D eigenvalue weighted by Crippen LogP contribution is 2.29. The normalized spacial score (nSPS) is 17.0. The molecule has 0 radical (unpaired) electrons. The predicted molar refractivity (Wildman–Crippen MR) is 72.6 cm³/mol. The first kappa shape index (κ1) is 14.6. The van der Waals surface area contributed by atoms with Crippen LogP contribution in [-0.2, 0) is 4.74 Å². The highest BCUT2D eigenvalue weighted by molar-refractivity contribution is 8.00. The molecule has 17 heavy (non-hydrogen) atoms. The first-order chi connectivity index (χ1) is 8.17. The molecule has 0 unspecified atom stereocenters. The van der Waals surface area contributed by atoms with Crippen molar-refractivity contribution in [3.63, 3.8) is 0 Å². The lowest BCUT2D eigenvalue weighted by molar-refractivity contribution is 0.0531. The fourth-order valence-corrected chi connectivity index (χ4v) is 2.77. The number of ether oxygens (including phenoxy) is 1. The lowest BCUT2D eigenvalue weighted by Gasteiger charge is -2.32.